The van der Waals surface area contributed by atoms with Crippen molar-refractivity contribution in [1.82, 2.24) is 0 Å². The summed E-state index contributed by atoms with van der Waals surface area (Å²) in [7, 11) is 0. The maximum absolute atomic E-state index is 13.1. The molecule has 0 heterocycles. The zero-order valence-corrected chi connectivity index (χ0v) is 12.3. The van der Waals surface area contributed by atoms with Gasteiger partial charge in [0.15, 0.2) is 0 Å². The molecule has 0 radical (unpaired) electrons. The Hall–Kier alpha value is -1.98. The summed E-state index contributed by atoms with van der Waals surface area (Å²) < 4.78 is 216. The molecule has 0 unspecified atom stereocenters. The highest BCUT2D eigenvalue weighted by Crippen LogP contribution is 2.63. The van der Waals surface area contributed by atoms with Gasteiger partial charge >= 0.3 is 47.7 Å². The highest BCUT2D eigenvalue weighted by Gasteiger charge is 2.93. The number of carbonyl (C=O) groups is 1. The van der Waals surface area contributed by atoms with Crippen LogP contribution in [-0.4, -0.2) is 52.8 Å². The molecule has 0 amide bonds. The molecule has 1 N–H and O–H groups in total. The maximum Gasteiger partial charge on any atom is 0.460 e. The fraction of sp³-hybridized carbons (Fsp3) is 0.700. The van der Waals surface area contributed by atoms with Crippen molar-refractivity contribution in [1.29, 1.82) is 0 Å². The third-order valence-electron chi connectivity index (χ3n) is 2.98. The summed E-state index contributed by atoms with van der Waals surface area (Å²) in [6.07, 6.45) is -7.81. The second-order valence-corrected chi connectivity index (χ2v) is 4.88. The largest absolute Gasteiger partial charge is 0.476 e. The summed E-state index contributed by atoms with van der Waals surface area (Å²) in [4.78, 5) is 9.83. The zero-order chi connectivity index (χ0) is 24.2. The van der Waals surface area contributed by atoms with E-state index < -0.39 is 59.3 Å². The Morgan fingerprint density at radius 2 is 0.793 bits per heavy atom. The van der Waals surface area contributed by atoms with Gasteiger partial charge in [0.25, 0.3) is 0 Å². The first kappa shape index (κ1) is 27.0. The zero-order valence-electron chi connectivity index (χ0n) is 12.3. The van der Waals surface area contributed by atoms with Crippen molar-refractivity contribution in [3.63, 3.8) is 0 Å². The van der Waals surface area contributed by atoms with Gasteiger partial charge in [0.2, 0.25) is 11.7 Å². The van der Waals surface area contributed by atoms with Crippen LogP contribution in [0.15, 0.2) is 11.7 Å². The number of hydrogen-bond acceptors (Lipinski definition) is 1. The third-order valence-corrected chi connectivity index (χ3v) is 2.98. The van der Waals surface area contributed by atoms with Gasteiger partial charge in [-0.15, -0.1) is 0 Å². The highest BCUT2D eigenvalue weighted by molar-refractivity contribution is 5.84. The molecule has 19 heteroatoms. The molecule has 0 fully saturated rings. The van der Waals surface area contributed by atoms with Gasteiger partial charge in [-0.2, -0.15) is 70.2 Å². The first-order valence-corrected chi connectivity index (χ1v) is 5.89. The lowest BCUT2D eigenvalue weighted by Crippen LogP contribution is -2.72. The predicted octanol–water partition coefficient (Wildman–Crippen LogP) is 5.60. The number of carboxylic acid groups (broad SMARTS) is 1. The Kier molecular flexibility index (Phi) is 6.32. The van der Waals surface area contributed by atoms with Crippen LogP contribution in [0, 0.1) is 0 Å². The molecule has 0 aliphatic carbocycles. The van der Waals surface area contributed by atoms with E-state index >= 15 is 0 Å². The second kappa shape index (κ2) is 6.78. The Bertz CT molecular complexity index is 685. The van der Waals surface area contributed by atoms with Crippen molar-refractivity contribution in [2.45, 2.75) is 41.7 Å². The summed E-state index contributed by atoms with van der Waals surface area (Å²) in [5.41, 5.74) is 0. The van der Waals surface area contributed by atoms with E-state index in [1.165, 1.54) is 0 Å². The van der Waals surface area contributed by atoms with E-state index in [0.29, 0.717) is 0 Å². The molecule has 29 heavy (non-hydrogen) atoms. The minimum atomic E-state index is -8.69. The van der Waals surface area contributed by atoms with Crippen LogP contribution >= 0.6 is 0 Å². The molecule has 0 saturated heterocycles. The van der Waals surface area contributed by atoms with Gasteiger partial charge in [-0.25, -0.2) is 9.18 Å². The fourth-order valence-corrected chi connectivity index (χ4v) is 1.34. The van der Waals surface area contributed by atoms with Crippen LogP contribution in [0.25, 0.3) is 0 Å². The summed E-state index contributed by atoms with van der Waals surface area (Å²) in [5.74, 6) is -62.5. The summed E-state index contributed by atoms with van der Waals surface area (Å²) in [5, 5.41) is 7.74. The van der Waals surface area contributed by atoms with Crippen LogP contribution in [0.5, 0.6) is 0 Å². The van der Waals surface area contributed by atoms with Gasteiger partial charge < -0.3 is 5.11 Å². The van der Waals surface area contributed by atoms with Gasteiger partial charge in [0, 0.05) is 0 Å². The molecule has 2 nitrogen and oxygen atoms in total. The molecule has 0 aliphatic rings. The standard InChI is InChI=1S/C10HF17O2/c11-1(3(28)29)2(12)4(13,14)5(15,16)6(17,18)7(19,20)8(21,22)9(23,24)10(25,26)27/h(H,28,29)/b2-1+. The SMILES string of the molecule is O=C(O)/C(F)=C(\F)C(F)(F)C(F)(F)C(F)(F)C(F)(F)C(F)(F)C(F)(F)C(F)(F)F. The Morgan fingerprint density at radius 3 is 1.07 bits per heavy atom. The van der Waals surface area contributed by atoms with E-state index in [2.05, 4.69) is 0 Å². The van der Waals surface area contributed by atoms with Crippen molar-refractivity contribution in [2.75, 3.05) is 0 Å². The Balaban J connectivity index is 6.81. The summed E-state index contributed by atoms with van der Waals surface area (Å²) in [6, 6.07) is 0. The van der Waals surface area contributed by atoms with Crippen molar-refractivity contribution >= 4 is 5.97 Å². The number of hydrogen-bond donors (Lipinski definition) is 1. The average Bonchev–Trinajstić information content (AvgIpc) is 2.50. The van der Waals surface area contributed by atoms with E-state index in [1.807, 2.05) is 0 Å². The number of rotatable bonds is 7. The van der Waals surface area contributed by atoms with E-state index in [1.54, 1.807) is 0 Å². The van der Waals surface area contributed by atoms with Gasteiger partial charge in [-0.05, 0) is 0 Å². The van der Waals surface area contributed by atoms with Crippen LogP contribution in [0.2, 0.25) is 0 Å². The fourth-order valence-electron chi connectivity index (χ4n) is 1.34. The number of aliphatic carboxylic acids is 1. The number of halogens is 17. The second-order valence-electron chi connectivity index (χ2n) is 4.88. The topological polar surface area (TPSA) is 37.3 Å². The molecular formula is C10HF17O2. The lowest BCUT2D eigenvalue weighted by molar-refractivity contribution is -0.450. The van der Waals surface area contributed by atoms with Crippen molar-refractivity contribution < 1.29 is 84.5 Å². The van der Waals surface area contributed by atoms with E-state index in [4.69, 9.17) is 5.11 Å². The smallest absolute Gasteiger partial charge is 0.460 e. The first-order valence-electron chi connectivity index (χ1n) is 5.89. The quantitative estimate of drug-likeness (QED) is 0.384. The summed E-state index contributed by atoms with van der Waals surface area (Å²) >= 11 is 0. The number of carboxylic acids is 1. The van der Waals surface area contributed by atoms with Crippen LogP contribution in [0.4, 0.5) is 74.6 Å². The van der Waals surface area contributed by atoms with Gasteiger partial charge in [-0.1, -0.05) is 0 Å². The van der Waals surface area contributed by atoms with Crippen LogP contribution in [0.1, 0.15) is 0 Å². The third kappa shape index (κ3) is 3.44. The molecule has 0 spiro atoms. The molecule has 172 valence electrons. The van der Waals surface area contributed by atoms with E-state index in [9.17, 15) is 79.4 Å². The molecule has 0 aromatic rings. The lowest BCUT2D eigenvalue weighted by atomic mass is 9.90. The van der Waals surface area contributed by atoms with Crippen LogP contribution in [0.3, 0.4) is 0 Å². The van der Waals surface area contributed by atoms with Crippen molar-refractivity contribution in [2.24, 2.45) is 0 Å². The van der Waals surface area contributed by atoms with E-state index in [-0.39, 0.29) is 0 Å². The maximum atomic E-state index is 13.1. The van der Waals surface area contributed by atoms with Crippen LogP contribution in [-0.2, 0) is 4.79 Å². The monoisotopic (exact) mass is 476 g/mol. The molecule has 0 atom stereocenters. The van der Waals surface area contributed by atoms with Crippen molar-refractivity contribution in [3.8, 4) is 0 Å². The predicted molar refractivity (Wildman–Crippen MR) is 52.6 cm³/mol. The van der Waals surface area contributed by atoms with Gasteiger partial charge in [0.05, 0.1) is 0 Å². The molecule has 0 aromatic heterocycles. The van der Waals surface area contributed by atoms with Gasteiger partial charge in [0.1, 0.15) is 0 Å². The average molecular weight is 476 g/mol. The molecule has 0 aliphatic heterocycles. The molecular weight excluding hydrogens is 475 g/mol. The molecule has 0 saturated carbocycles. The number of allylic oxidation sites excluding steroid dienone is 1. The first-order chi connectivity index (χ1) is 12.3. The van der Waals surface area contributed by atoms with Crippen molar-refractivity contribution in [3.05, 3.63) is 11.7 Å². The Morgan fingerprint density at radius 1 is 0.517 bits per heavy atom. The highest BCUT2D eigenvalue weighted by atomic mass is 19.4. The Labute approximate surface area is 145 Å². The number of alkyl halides is 15. The molecule has 0 aromatic carbocycles. The van der Waals surface area contributed by atoms with E-state index in [0.717, 1.165) is 0 Å². The molecule has 0 rings (SSSR count). The minimum Gasteiger partial charge on any atom is -0.476 e. The lowest BCUT2D eigenvalue weighted by Gasteiger charge is -2.41. The minimum absolute atomic E-state index is 3.53. The summed E-state index contributed by atoms with van der Waals surface area (Å²) in [6.45, 7) is 0. The molecule has 0 bridgehead atoms. The van der Waals surface area contributed by atoms with Crippen LogP contribution < -0.4 is 0 Å². The van der Waals surface area contributed by atoms with Gasteiger partial charge in [-0.3, -0.25) is 0 Å². The normalized spacial score (nSPS) is 16.6.